The average Bonchev–Trinajstić information content (AvgIpc) is 3.12. The zero-order chi connectivity index (χ0) is 31.7. The van der Waals surface area contributed by atoms with Crippen LogP contribution in [-0.4, -0.2) is 61.8 Å². The Labute approximate surface area is 263 Å². The number of sulfone groups is 1. The molecule has 0 aliphatic carbocycles. The van der Waals surface area contributed by atoms with Crippen LogP contribution in [0.4, 0.5) is 11.4 Å². The Hall–Kier alpha value is -3.54. The first-order valence-corrected chi connectivity index (χ1v) is 17.4. The summed E-state index contributed by atoms with van der Waals surface area (Å²) in [5, 5.41) is 21.8. The molecule has 0 saturated heterocycles. The quantitative estimate of drug-likeness (QED) is 0.193. The van der Waals surface area contributed by atoms with Gasteiger partial charge in [0.25, 0.3) is 5.91 Å². The molecule has 1 heterocycles. The van der Waals surface area contributed by atoms with E-state index in [1.54, 1.807) is 36.4 Å². The highest BCUT2D eigenvalue weighted by Crippen LogP contribution is 2.47. The maximum Gasteiger partial charge on any atom is 0.330 e. The number of carbonyl (C=O) groups is 2. The average molecular weight is 641 g/mol. The van der Waals surface area contributed by atoms with Crippen molar-refractivity contribution in [2.24, 2.45) is 5.41 Å². The van der Waals surface area contributed by atoms with Crippen molar-refractivity contribution in [2.75, 3.05) is 36.2 Å². The van der Waals surface area contributed by atoms with Crippen LogP contribution in [-0.2, 0) is 19.4 Å². The summed E-state index contributed by atoms with van der Waals surface area (Å²) in [7, 11) is -3.79. The summed E-state index contributed by atoms with van der Waals surface area (Å²) in [6.07, 6.45) is 3.31. The maximum atomic E-state index is 14.1. The molecule has 11 heteroatoms. The van der Waals surface area contributed by atoms with E-state index < -0.39 is 39.8 Å². The lowest BCUT2D eigenvalue weighted by Crippen LogP contribution is -2.37. The van der Waals surface area contributed by atoms with Crippen molar-refractivity contribution in [3.05, 3.63) is 78.4 Å². The van der Waals surface area contributed by atoms with Gasteiger partial charge in [-0.25, -0.2) is 13.2 Å². The molecule has 9 nitrogen and oxygen atoms in total. The Balaban J connectivity index is 1.73. The van der Waals surface area contributed by atoms with Crippen LogP contribution in [0.3, 0.4) is 0 Å². The van der Waals surface area contributed by atoms with E-state index in [-0.39, 0.29) is 23.0 Å². The molecular weight excluding hydrogens is 601 g/mol. The Kier molecular flexibility index (Phi) is 11.3. The molecule has 2 atom stereocenters. The van der Waals surface area contributed by atoms with E-state index in [1.807, 2.05) is 37.3 Å². The fourth-order valence-corrected chi connectivity index (χ4v) is 8.47. The van der Waals surface area contributed by atoms with E-state index in [0.717, 1.165) is 24.9 Å². The number of amides is 1. The lowest BCUT2D eigenvalue weighted by atomic mass is 9.81. The first-order valence-electron chi connectivity index (χ1n) is 14.8. The number of hydrogen-bond donors (Lipinski definition) is 3. The molecule has 3 N–H and O–H groups in total. The monoisotopic (exact) mass is 640 g/mol. The maximum absolute atomic E-state index is 14.1. The molecule has 3 aromatic rings. The molecule has 2 unspecified atom stereocenters. The number of benzene rings is 3. The Bertz CT molecular complexity index is 1530. The first kappa shape index (κ1) is 33.4. The largest absolute Gasteiger partial charge is 0.483 e. The lowest BCUT2D eigenvalue weighted by molar-refractivity contribution is -0.142. The van der Waals surface area contributed by atoms with Crippen LogP contribution < -0.4 is 15.0 Å². The molecule has 1 aliphatic heterocycles. The van der Waals surface area contributed by atoms with Crippen LogP contribution in [0.25, 0.3) is 0 Å². The summed E-state index contributed by atoms with van der Waals surface area (Å²) in [5.74, 6) is -1.41. The Morgan fingerprint density at radius 2 is 1.75 bits per heavy atom. The van der Waals surface area contributed by atoms with Gasteiger partial charge in [0.15, 0.2) is 22.5 Å². The number of aliphatic hydroxyl groups excluding tert-OH is 1. The smallest absolute Gasteiger partial charge is 0.330 e. The minimum atomic E-state index is -3.79. The summed E-state index contributed by atoms with van der Waals surface area (Å²) >= 11 is 1.29. The van der Waals surface area contributed by atoms with Gasteiger partial charge in [0.1, 0.15) is 5.75 Å². The molecule has 3 aromatic carbocycles. The standard InChI is InChI=1S/C33H40N2O7S2/c1-3-5-16-33(4-2)22-35(25-14-10-7-11-15-25)26-19-28(43-18-17-36)27(20-29(26)44(40,41)23-33)42-21-30(37)34-31(32(38)39)24-12-8-6-9-13-24/h6-15,19-20,31,36H,3-5,16-18,21-23H2,1-2H3,(H,34,37)(H,38,39). The van der Waals surface area contributed by atoms with Crippen LogP contribution in [0.2, 0.25) is 0 Å². The zero-order valence-corrected chi connectivity index (χ0v) is 26.7. The number of nitrogens with one attached hydrogen (secondary N) is 1. The number of ether oxygens (including phenoxy) is 1. The van der Waals surface area contributed by atoms with E-state index in [4.69, 9.17) is 4.74 Å². The second kappa shape index (κ2) is 15.0. The van der Waals surface area contributed by atoms with Crippen molar-refractivity contribution in [2.45, 2.75) is 55.4 Å². The fraction of sp³-hybridized carbons (Fsp3) is 0.394. The number of fused-ring (bicyclic) bond motifs is 1. The van der Waals surface area contributed by atoms with Gasteiger partial charge in [-0.1, -0.05) is 75.2 Å². The fourth-order valence-electron chi connectivity index (χ4n) is 5.53. The van der Waals surface area contributed by atoms with Gasteiger partial charge in [0, 0.05) is 29.5 Å². The number of thioether (sulfide) groups is 1. The number of carbonyl (C=O) groups excluding carboxylic acids is 1. The highest BCUT2D eigenvalue weighted by molar-refractivity contribution is 7.99. The molecule has 1 amide bonds. The number of aliphatic carboxylic acids is 1. The molecule has 4 rings (SSSR count). The second-order valence-electron chi connectivity index (χ2n) is 11.0. The van der Waals surface area contributed by atoms with Crippen molar-refractivity contribution >= 4 is 44.9 Å². The molecule has 236 valence electrons. The number of para-hydroxylation sites is 1. The lowest BCUT2D eigenvalue weighted by Gasteiger charge is -2.36. The molecule has 1 aliphatic rings. The minimum absolute atomic E-state index is 0.0206. The topological polar surface area (TPSA) is 133 Å². The van der Waals surface area contributed by atoms with E-state index in [1.165, 1.54) is 17.8 Å². The van der Waals surface area contributed by atoms with Gasteiger partial charge in [-0.2, -0.15) is 0 Å². The third kappa shape index (κ3) is 7.94. The number of unbranched alkanes of at least 4 members (excludes halogenated alkanes) is 1. The summed E-state index contributed by atoms with van der Waals surface area (Å²) in [5.41, 5.74) is 1.32. The summed E-state index contributed by atoms with van der Waals surface area (Å²) in [6.45, 7) is 4.01. The van der Waals surface area contributed by atoms with Crippen LogP contribution in [0.1, 0.15) is 51.1 Å². The van der Waals surface area contributed by atoms with Crippen LogP contribution >= 0.6 is 11.8 Å². The SMILES string of the molecule is CCCCC1(CC)CN(c2ccccc2)c2cc(SCCO)c(OCC(=O)NC(C(=O)O)c3ccccc3)cc2S(=O)(=O)C1. The third-order valence-electron chi connectivity index (χ3n) is 7.91. The van der Waals surface area contributed by atoms with Gasteiger partial charge < -0.3 is 25.2 Å². The summed E-state index contributed by atoms with van der Waals surface area (Å²) in [6, 6.07) is 20.0. The number of carboxylic acid groups (broad SMARTS) is 1. The van der Waals surface area contributed by atoms with Gasteiger partial charge in [-0.15, -0.1) is 11.8 Å². The van der Waals surface area contributed by atoms with Crippen molar-refractivity contribution in [1.29, 1.82) is 0 Å². The predicted molar refractivity (Wildman–Crippen MR) is 172 cm³/mol. The molecule has 0 aromatic heterocycles. The zero-order valence-electron chi connectivity index (χ0n) is 25.1. The number of aliphatic hydroxyl groups is 1. The van der Waals surface area contributed by atoms with E-state index in [2.05, 4.69) is 17.1 Å². The van der Waals surface area contributed by atoms with Gasteiger partial charge >= 0.3 is 5.97 Å². The number of anilines is 2. The van der Waals surface area contributed by atoms with Crippen LogP contribution in [0.5, 0.6) is 5.75 Å². The summed E-state index contributed by atoms with van der Waals surface area (Å²) in [4.78, 5) is 27.5. The molecule has 0 fully saturated rings. The number of carboxylic acids is 1. The Morgan fingerprint density at radius 3 is 2.36 bits per heavy atom. The molecule has 0 bridgehead atoms. The van der Waals surface area contributed by atoms with Gasteiger partial charge in [0.05, 0.1) is 27.8 Å². The molecular formula is C33H40N2O7S2. The molecule has 0 radical (unpaired) electrons. The number of rotatable bonds is 14. The van der Waals surface area contributed by atoms with E-state index in [0.29, 0.717) is 34.9 Å². The van der Waals surface area contributed by atoms with Crippen LogP contribution in [0, 0.1) is 5.41 Å². The van der Waals surface area contributed by atoms with Crippen LogP contribution in [0.15, 0.2) is 82.6 Å². The van der Waals surface area contributed by atoms with Crippen molar-refractivity contribution < 1.29 is 33.0 Å². The van der Waals surface area contributed by atoms with Gasteiger partial charge in [-0.3, -0.25) is 4.79 Å². The molecule has 0 saturated carbocycles. The highest BCUT2D eigenvalue weighted by Gasteiger charge is 2.42. The number of nitrogens with zero attached hydrogens (tertiary/aromatic N) is 1. The van der Waals surface area contributed by atoms with E-state index in [9.17, 15) is 28.2 Å². The second-order valence-corrected chi connectivity index (χ2v) is 14.1. The normalized spacial score (nSPS) is 18.1. The summed E-state index contributed by atoms with van der Waals surface area (Å²) < 4.78 is 34.2. The number of hydrogen-bond acceptors (Lipinski definition) is 8. The van der Waals surface area contributed by atoms with Crippen molar-refractivity contribution in [3.63, 3.8) is 0 Å². The molecule has 0 spiro atoms. The van der Waals surface area contributed by atoms with Crippen molar-refractivity contribution in [1.82, 2.24) is 5.32 Å². The minimum Gasteiger partial charge on any atom is -0.483 e. The van der Waals surface area contributed by atoms with Gasteiger partial charge in [0.2, 0.25) is 0 Å². The van der Waals surface area contributed by atoms with E-state index >= 15 is 0 Å². The highest BCUT2D eigenvalue weighted by atomic mass is 32.2. The van der Waals surface area contributed by atoms with Gasteiger partial charge in [-0.05, 0) is 36.6 Å². The third-order valence-corrected chi connectivity index (χ3v) is 10.9. The predicted octanol–water partition coefficient (Wildman–Crippen LogP) is 5.60. The molecule has 44 heavy (non-hydrogen) atoms. The first-order chi connectivity index (χ1) is 21.1. The van der Waals surface area contributed by atoms with Crippen molar-refractivity contribution in [3.8, 4) is 5.75 Å². The Morgan fingerprint density at radius 1 is 1.07 bits per heavy atom.